The molecular formula is C18H21N5O5S. The smallest absolute Gasteiger partial charge is 0.274 e. The number of carbonyl (C=O) groups excluding carboxylic acids is 2. The Kier molecular flexibility index (Phi) is 5.97. The number of nitrogens with one attached hydrogen (secondary N) is 3. The Morgan fingerprint density at radius 3 is 2.31 bits per heavy atom. The number of likely N-dealkylation sites (tertiary alicyclic amines) is 1. The van der Waals surface area contributed by atoms with E-state index >= 15 is 0 Å². The molecule has 0 radical (unpaired) electrons. The zero-order chi connectivity index (χ0) is 21.0. The van der Waals surface area contributed by atoms with Crippen molar-refractivity contribution in [3.63, 3.8) is 0 Å². The lowest BCUT2D eigenvalue weighted by atomic mass is 10.0. The molecule has 0 aliphatic carbocycles. The molecule has 154 valence electrons. The van der Waals surface area contributed by atoms with Crippen LogP contribution in [-0.4, -0.2) is 60.7 Å². The van der Waals surface area contributed by atoms with Gasteiger partial charge in [-0.15, -0.1) is 0 Å². The number of aromatic nitrogens is 2. The number of nitrogens with zero attached hydrogens (tertiary/aromatic N) is 2. The van der Waals surface area contributed by atoms with Gasteiger partial charge in [-0.05, 0) is 43.2 Å². The molecule has 1 aromatic carbocycles. The fourth-order valence-electron chi connectivity index (χ4n) is 3.02. The first-order chi connectivity index (χ1) is 13.7. The number of rotatable bonds is 5. The molecule has 2 aromatic rings. The quantitative estimate of drug-likeness (QED) is 0.631. The molecule has 1 aromatic heterocycles. The second-order valence-electron chi connectivity index (χ2n) is 6.80. The van der Waals surface area contributed by atoms with Crippen molar-refractivity contribution in [3.05, 3.63) is 58.0 Å². The minimum absolute atomic E-state index is 0.0797. The monoisotopic (exact) mass is 419 g/mol. The molecule has 2 amide bonds. The zero-order valence-corrected chi connectivity index (χ0v) is 16.5. The first-order valence-corrected chi connectivity index (χ1v) is 10.8. The van der Waals surface area contributed by atoms with Crippen molar-refractivity contribution >= 4 is 27.5 Å². The molecule has 0 saturated carbocycles. The average molecular weight is 419 g/mol. The standard InChI is InChI=1S/C18H21N5O5S/c1-29(27,28)22-14-4-2-12(3-5-14)17(25)19-13-8-10-23(11-9-13)18(26)15-6-7-16(24)21-20-15/h2-7,13,22H,8-11H2,1H3,(H,19,25)(H,21,24). The van der Waals surface area contributed by atoms with Gasteiger partial charge in [0.2, 0.25) is 10.0 Å². The number of anilines is 1. The minimum Gasteiger partial charge on any atom is -0.349 e. The predicted molar refractivity (Wildman–Crippen MR) is 106 cm³/mol. The summed E-state index contributed by atoms with van der Waals surface area (Å²) in [5, 5.41) is 8.92. The highest BCUT2D eigenvalue weighted by Crippen LogP contribution is 2.15. The number of amides is 2. The second-order valence-corrected chi connectivity index (χ2v) is 8.55. The first-order valence-electron chi connectivity index (χ1n) is 8.95. The summed E-state index contributed by atoms with van der Waals surface area (Å²) in [6.45, 7) is 0.920. The summed E-state index contributed by atoms with van der Waals surface area (Å²) >= 11 is 0. The van der Waals surface area contributed by atoms with E-state index in [-0.39, 0.29) is 29.1 Å². The maximum absolute atomic E-state index is 12.4. The third-order valence-corrected chi connectivity index (χ3v) is 5.07. The van der Waals surface area contributed by atoms with E-state index in [4.69, 9.17) is 0 Å². The Hall–Kier alpha value is -3.21. The Labute approximate surface area is 167 Å². The van der Waals surface area contributed by atoms with E-state index in [9.17, 15) is 22.8 Å². The van der Waals surface area contributed by atoms with Gasteiger partial charge < -0.3 is 10.2 Å². The summed E-state index contributed by atoms with van der Waals surface area (Å²) in [5.41, 5.74) is 0.602. The molecule has 3 rings (SSSR count). The summed E-state index contributed by atoms with van der Waals surface area (Å²) in [6.07, 6.45) is 2.24. The highest BCUT2D eigenvalue weighted by molar-refractivity contribution is 7.92. The molecule has 29 heavy (non-hydrogen) atoms. The van der Waals surface area contributed by atoms with Gasteiger partial charge in [-0.25, -0.2) is 13.5 Å². The van der Waals surface area contributed by atoms with E-state index in [0.717, 1.165) is 6.26 Å². The maximum atomic E-state index is 12.4. The van der Waals surface area contributed by atoms with Gasteiger partial charge in [0.15, 0.2) is 0 Å². The number of hydrogen-bond acceptors (Lipinski definition) is 6. The summed E-state index contributed by atoms with van der Waals surface area (Å²) in [4.78, 5) is 37.5. The Morgan fingerprint density at radius 2 is 1.76 bits per heavy atom. The van der Waals surface area contributed by atoms with Gasteiger partial charge in [0.05, 0.1) is 6.26 Å². The van der Waals surface area contributed by atoms with Crippen LogP contribution in [0, 0.1) is 0 Å². The number of aromatic amines is 1. The van der Waals surface area contributed by atoms with E-state index in [2.05, 4.69) is 20.2 Å². The molecular weight excluding hydrogens is 398 g/mol. The van der Waals surface area contributed by atoms with Gasteiger partial charge in [-0.2, -0.15) is 5.10 Å². The summed E-state index contributed by atoms with van der Waals surface area (Å²) in [5.74, 6) is -0.525. The van der Waals surface area contributed by atoms with Gasteiger partial charge >= 0.3 is 0 Å². The van der Waals surface area contributed by atoms with E-state index in [1.807, 2.05) is 0 Å². The van der Waals surface area contributed by atoms with E-state index in [1.54, 1.807) is 17.0 Å². The lowest BCUT2D eigenvalue weighted by Crippen LogP contribution is -2.46. The molecule has 1 fully saturated rings. The number of benzene rings is 1. The molecule has 2 heterocycles. The lowest BCUT2D eigenvalue weighted by molar-refractivity contribution is 0.0691. The normalized spacial score (nSPS) is 15.0. The Balaban J connectivity index is 1.52. The van der Waals surface area contributed by atoms with Gasteiger partial charge in [0.25, 0.3) is 17.4 Å². The lowest BCUT2D eigenvalue weighted by Gasteiger charge is -2.32. The van der Waals surface area contributed by atoms with Crippen LogP contribution < -0.4 is 15.6 Å². The number of piperidine rings is 1. The largest absolute Gasteiger partial charge is 0.349 e. The van der Waals surface area contributed by atoms with Gasteiger partial charge in [-0.1, -0.05) is 0 Å². The van der Waals surface area contributed by atoms with E-state index in [0.29, 0.717) is 37.2 Å². The number of H-pyrrole nitrogens is 1. The summed E-state index contributed by atoms with van der Waals surface area (Å²) in [7, 11) is -3.37. The van der Waals surface area contributed by atoms with Crippen LogP contribution in [-0.2, 0) is 10.0 Å². The van der Waals surface area contributed by atoms with Crippen molar-refractivity contribution in [2.24, 2.45) is 0 Å². The van der Waals surface area contributed by atoms with Crippen LogP contribution >= 0.6 is 0 Å². The summed E-state index contributed by atoms with van der Waals surface area (Å²) in [6, 6.07) is 8.69. The molecule has 0 bridgehead atoms. The fourth-order valence-corrected chi connectivity index (χ4v) is 3.59. The Bertz CT molecular complexity index is 1040. The van der Waals surface area contributed by atoms with E-state index in [1.165, 1.54) is 24.3 Å². The van der Waals surface area contributed by atoms with Crippen molar-refractivity contribution in [1.82, 2.24) is 20.4 Å². The van der Waals surface area contributed by atoms with E-state index < -0.39 is 10.0 Å². The van der Waals surface area contributed by atoms with Crippen LogP contribution in [0.25, 0.3) is 0 Å². The van der Waals surface area contributed by atoms with Crippen LogP contribution in [0.15, 0.2) is 41.2 Å². The third-order valence-electron chi connectivity index (χ3n) is 4.47. The molecule has 0 spiro atoms. The Morgan fingerprint density at radius 1 is 1.10 bits per heavy atom. The molecule has 3 N–H and O–H groups in total. The first kappa shape index (κ1) is 20.5. The van der Waals surface area contributed by atoms with Crippen LogP contribution in [0.4, 0.5) is 5.69 Å². The van der Waals surface area contributed by atoms with Crippen LogP contribution in [0.3, 0.4) is 0 Å². The molecule has 1 aliphatic rings. The molecule has 11 heteroatoms. The van der Waals surface area contributed by atoms with Crippen molar-refractivity contribution in [1.29, 1.82) is 0 Å². The highest BCUT2D eigenvalue weighted by Gasteiger charge is 2.25. The summed E-state index contributed by atoms with van der Waals surface area (Å²) < 4.78 is 24.8. The van der Waals surface area contributed by atoms with Crippen LogP contribution in [0.1, 0.15) is 33.7 Å². The molecule has 1 saturated heterocycles. The zero-order valence-electron chi connectivity index (χ0n) is 15.7. The molecule has 1 aliphatic heterocycles. The van der Waals surface area contributed by atoms with Crippen molar-refractivity contribution in [2.75, 3.05) is 24.1 Å². The van der Waals surface area contributed by atoms with Crippen LogP contribution in [0.5, 0.6) is 0 Å². The maximum Gasteiger partial charge on any atom is 0.274 e. The van der Waals surface area contributed by atoms with Crippen molar-refractivity contribution in [3.8, 4) is 0 Å². The van der Waals surface area contributed by atoms with Gasteiger partial charge in [-0.3, -0.25) is 19.1 Å². The average Bonchev–Trinajstić information content (AvgIpc) is 2.68. The highest BCUT2D eigenvalue weighted by atomic mass is 32.2. The van der Waals surface area contributed by atoms with Gasteiger partial charge in [0, 0.05) is 36.4 Å². The topological polar surface area (TPSA) is 141 Å². The van der Waals surface area contributed by atoms with Crippen molar-refractivity contribution in [2.45, 2.75) is 18.9 Å². The minimum atomic E-state index is -3.37. The third kappa shape index (κ3) is 5.64. The molecule has 0 unspecified atom stereocenters. The second kappa shape index (κ2) is 8.43. The molecule has 10 nitrogen and oxygen atoms in total. The fraction of sp³-hybridized carbons (Fsp3) is 0.333. The predicted octanol–water partition coefficient (Wildman–Crippen LogP) is 0.176. The SMILES string of the molecule is CS(=O)(=O)Nc1ccc(C(=O)NC2CCN(C(=O)c3ccc(=O)[nH]n3)CC2)cc1. The van der Waals surface area contributed by atoms with Crippen LogP contribution in [0.2, 0.25) is 0 Å². The number of sulfonamides is 1. The number of hydrogen-bond donors (Lipinski definition) is 3. The molecule has 0 atom stereocenters. The van der Waals surface area contributed by atoms with Crippen molar-refractivity contribution < 1.29 is 18.0 Å². The van der Waals surface area contributed by atoms with Gasteiger partial charge in [0.1, 0.15) is 5.69 Å². The number of carbonyl (C=O) groups is 2.